The van der Waals surface area contributed by atoms with Gasteiger partial charge in [-0.15, -0.1) is 11.3 Å². The predicted molar refractivity (Wildman–Crippen MR) is 105 cm³/mol. The summed E-state index contributed by atoms with van der Waals surface area (Å²) in [7, 11) is -0.539. The lowest BCUT2D eigenvalue weighted by atomic mass is 10.3. The molecule has 2 aromatic heterocycles. The largest absolute Gasteiger partial charge is 0.321 e. The number of aromatic nitrogens is 1. The number of sulfonamides is 1. The highest BCUT2D eigenvalue weighted by atomic mass is 32.2. The van der Waals surface area contributed by atoms with Crippen LogP contribution in [0.4, 0.5) is 5.69 Å². The van der Waals surface area contributed by atoms with Gasteiger partial charge in [-0.2, -0.15) is 11.3 Å². The van der Waals surface area contributed by atoms with Gasteiger partial charge in [0.15, 0.2) is 0 Å². The van der Waals surface area contributed by atoms with E-state index >= 15 is 0 Å². The average Bonchev–Trinajstić information content (AvgIpc) is 3.24. The minimum Gasteiger partial charge on any atom is -0.321 e. The molecule has 0 bridgehead atoms. The Hall–Kier alpha value is -2.07. The molecule has 0 fully saturated rings. The van der Waals surface area contributed by atoms with E-state index in [1.165, 1.54) is 37.6 Å². The summed E-state index contributed by atoms with van der Waals surface area (Å²) in [4.78, 5) is 17.7. The third-order valence-electron chi connectivity index (χ3n) is 3.66. The molecule has 0 saturated heterocycles. The molecule has 1 N–H and O–H groups in total. The SMILES string of the molecule is Cc1nc(-c2ccsc2)sc1C(=O)Nc1ccc(S(=O)(=O)N(C)C)cc1. The lowest BCUT2D eigenvalue weighted by molar-refractivity contribution is 0.103. The molecule has 3 aromatic rings. The van der Waals surface area contributed by atoms with Crippen LogP contribution in [0.15, 0.2) is 46.0 Å². The van der Waals surface area contributed by atoms with Crippen LogP contribution < -0.4 is 5.32 Å². The van der Waals surface area contributed by atoms with Crippen molar-refractivity contribution in [3.05, 3.63) is 51.7 Å². The molecule has 26 heavy (non-hydrogen) atoms. The zero-order chi connectivity index (χ0) is 18.9. The van der Waals surface area contributed by atoms with E-state index in [1.54, 1.807) is 30.4 Å². The normalized spacial score (nSPS) is 11.7. The van der Waals surface area contributed by atoms with Crippen LogP contribution in [0, 0.1) is 6.92 Å². The maximum Gasteiger partial charge on any atom is 0.267 e. The van der Waals surface area contributed by atoms with Crippen LogP contribution in [0.5, 0.6) is 0 Å². The Bertz CT molecular complexity index is 1020. The summed E-state index contributed by atoms with van der Waals surface area (Å²) in [5.41, 5.74) is 2.19. The molecule has 2 heterocycles. The number of aryl methyl sites for hydroxylation is 1. The van der Waals surface area contributed by atoms with Crippen molar-refractivity contribution in [3.63, 3.8) is 0 Å². The first-order chi connectivity index (χ1) is 12.3. The van der Waals surface area contributed by atoms with Gasteiger partial charge in [-0.05, 0) is 42.6 Å². The second kappa shape index (κ2) is 7.28. The summed E-state index contributed by atoms with van der Waals surface area (Å²) < 4.78 is 25.3. The smallest absolute Gasteiger partial charge is 0.267 e. The van der Waals surface area contributed by atoms with E-state index in [4.69, 9.17) is 0 Å². The fourth-order valence-corrected chi connectivity index (χ4v) is 4.80. The van der Waals surface area contributed by atoms with Gasteiger partial charge in [0, 0.05) is 30.7 Å². The van der Waals surface area contributed by atoms with Gasteiger partial charge in [-0.25, -0.2) is 17.7 Å². The van der Waals surface area contributed by atoms with Crippen LogP contribution >= 0.6 is 22.7 Å². The van der Waals surface area contributed by atoms with Crippen molar-refractivity contribution in [1.29, 1.82) is 0 Å². The second-order valence-corrected chi connectivity index (χ2v) is 9.64. The summed E-state index contributed by atoms with van der Waals surface area (Å²) in [5.74, 6) is -0.260. The summed E-state index contributed by atoms with van der Waals surface area (Å²) in [6.45, 7) is 1.80. The number of benzene rings is 1. The van der Waals surface area contributed by atoms with Crippen molar-refractivity contribution < 1.29 is 13.2 Å². The van der Waals surface area contributed by atoms with Crippen LogP contribution in [-0.4, -0.2) is 37.7 Å². The van der Waals surface area contributed by atoms with Crippen LogP contribution in [0.3, 0.4) is 0 Å². The Balaban J connectivity index is 1.79. The molecule has 1 amide bonds. The molecular weight excluding hydrogens is 390 g/mol. The van der Waals surface area contributed by atoms with Gasteiger partial charge in [0.05, 0.1) is 10.6 Å². The molecule has 6 nitrogen and oxygen atoms in total. The molecule has 0 atom stereocenters. The van der Waals surface area contributed by atoms with Gasteiger partial charge in [0.25, 0.3) is 5.91 Å². The van der Waals surface area contributed by atoms with Crippen molar-refractivity contribution >= 4 is 44.3 Å². The van der Waals surface area contributed by atoms with E-state index in [9.17, 15) is 13.2 Å². The highest BCUT2D eigenvalue weighted by Crippen LogP contribution is 2.30. The van der Waals surface area contributed by atoms with Gasteiger partial charge in [0.2, 0.25) is 10.0 Å². The van der Waals surface area contributed by atoms with E-state index < -0.39 is 10.0 Å². The highest BCUT2D eigenvalue weighted by molar-refractivity contribution is 7.89. The molecule has 136 valence electrons. The van der Waals surface area contributed by atoms with E-state index in [1.807, 2.05) is 16.8 Å². The third-order valence-corrected chi connectivity index (χ3v) is 7.38. The number of nitrogens with zero attached hydrogens (tertiary/aromatic N) is 2. The fourth-order valence-electron chi connectivity index (χ4n) is 2.23. The number of thiazole rings is 1. The van der Waals surface area contributed by atoms with Gasteiger partial charge >= 0.3 is 0 Å². The zero-order valence-electron chi connectivity index (χ0n) is 14.4. The van der Waals surface area contributed by atoms with Crippen molar-refractivity contribution in [2.45, 2.75) is 11.8 Å². The molecule has 0 aliphatic rings. The minimum absolute atomic E-state index is 0.175. The molecule has 0 unspecified atom stereocenters. The van der Waals surface area contributed by atoms with E-state index in [0.29, 0.717) is 16.3 Å². The number of hydrogen-bond donors (Lipinski definition) is 1. The topological polar surface area (TPSA) is 79.4 Å². The summed E-state index contributed by atoms with van der Waals surface area (Å²) >= 11 is 2.92. The third kappa shape index (κ3) is 3.70. The Labute approximate surface area is 160 Å². The van der Waals surface area contributed by atoms with E-state index in [0.717, 1.165) is 14.9 Å². The quantitative estimate of drug-likeness (QED) is 0.700. The lowest BCUT2D eigenvalue weighted by Gasteiger charge is -2.11. The zero-order valence-corrected chi connectivity index (χ0v) is 16.8. The molecule has 0 radical (unpaired) electrons. The van der Waals surface area contributed by atoms with Crippen LogP contribution in [0.1, 0.15) is 15.4 Å². The molecular formula is C17H17N3O3S3. The number of rotatable bonds is 5. The Kier molecular flexibility index (Phi) is 5.24. The number of hydrogen-bond acceptors (Lipinski definition) is 6. The molecule has 0 aliphatic heterocycles. The summed E-state index contributed by atoms with van der Waals surface area (Å²) in [6.07, 6.45) is 0. The minimum atomic E-state index is -3.49. The molecule has 9 heteroatoms. The molecule has 3 rings (SSSR count). The monoisotopic (exact) mass is 407 g/mol. The van der Waals surface area contributed by atoms with Crippen LogP contribution in [-0.2, 0) is 10.0 Å². The summed E-state index contributed by atoms with van der Waals surface area (Å²) in [6, 6.07) is 8.06. The lowest BCUT2D eigenvalue weighted by Crippen LogP contribution is -2.22. The van der Waals surface area contributed by atoms with Crippen molar-refractivity contribution in [1.82, 2.24) is 9.29 Å². The first-order valence-corrected chi connectivity index (χ1v) is 10.8. The molecule has 0 spiro atoms. The maximum atomic E-state index is 12.5. The Morgan fingerprint density at radius 1 is 1.15 bits per heavy atom. The predicted octanol–water partition coefficient (Wildman–Crippen LogP) is 3.68. The van der Waals surface area contributed by atoms with Crippen LogP contribution in [0.25, 0.3) is 10.6 Å². The standard InChI is InChI=1S/C17H17N3O3S3/c1-11-15(25-17(18-11)12-8-9-24-10-12)16(21)19-13-4-6-14(7-5-13)26(22,23)20(2)3/h4-10H,1-3H3,(H,19,21). The van der Waals surface area contributed by atoms with E-state index in [-0.39, 0.29) is 10.8 Å². The number of thiophene rings is 1. The molecule has 1 aromatic carbocycles. The maximum absolute atomic E-state index is 12.5. The molecule has 0 aliphatic carbocycles. The van der Waals surface area contributed by atoms with Crippen molar-refractivity contribution in [3.8, 4) is 10.6 Å². The number of nitrogens with one attached hydrogen (secondary N) is 1. The fraction of sp³-hybridized carbons (Fsp3) is 0.176. The molecule has 0 saturated carbocycles. The van der Waals surface area contributed by atoms with Gasteiger partial charge in [0.1, 0.15) is 9.88 Å². The Morgan fingerprint density at radius 2 is 1.85 bits per heavy atom. The van der Waals surface area contributed by atoms with Crippen molar-refractivity contribution in [2.24, 2.45) is 0 Å². The number of amides is 1. The van der Waals surface area contributed by atoms with Gasteiger partial charge in [-0.3, -0.25) is 4.79 Å². The average molecular weight is 408 g/mol. The van der Waals surface area contributed by atoms with Crippen LogP contribution in [0.2, 0.25) is 0 Å². The summed E-state index contributed by atoms with van der Waals surface area (Å²) in [5, 5.41) is 7.56. The first kappa shape index (κ1) is 18.7. The van der Waals surface area contributed by atoms with Gasteiger partial charge in [-0.1, -0.05) is 0 Å². The van der Waals surface area contributed by atoms with Gasteiger partial charge < -0.3 is 5.32 Å². The Morgan fingerprint density at radius 3 is 2.42 bits per heavy atom. The number of carbonyl (C=O) groups is 1. The van der Waals surface area contributed by atoms with Crippen molar-refractivity contribution in [2.75, 3.05) is 19.4 Å². The number of carbonyl (C=O) groups excluding carboxylic acids is 1. The number of anilines is 1. The second-order valence-electron chi connectivity index (χ2n) is 5.71. The van der Waals surface area contributed by atoms with E-state index in [2.05, 4.69) is 10.3 Å². The highest BCUT2D eigenvalue weighted by Gasteiger charge is 2.19. The first-order valence-electron chi connectivity index (χ1n) is 7.63.